The molecule has 0 aliphatic heterocycles. The van der Waals surface area contributed by atoms with E-state index in [1.165, 1.54) is 60.8 Å². The molecule has 2 nitrogen and oxygen atoms in total. The number of phenolic OH excluding ortho intramolecular Hbond substituents is 1. The molecule has 0 amide bonds. The summed E-state index contributed by atoms with van der Waals surface area (Å²) in [7, 11) is 1.70. The predicted molar refractivity (Wildman–Crippen MR) is 106 cm³/mol. The molecule has 1 fully saturated rings. The molecule has 1 spiro atoms. The topological polar surface area (TPSA) is 29.5 Å². The van der Waals surface area contributed by atoms with E-state index in [4.69, 9.17) is 4.74 Å². The number of benzene rings is 3. The highest BCUT2D eigenvalue weighted by Gasteiger charge is 2.44. The molecule has 0 bridgehead atoms. The van der Waals surface area contributed by atoms with E-state index in [1.54, 1.807) is 7.11 Å². The third-order valence-electron chi connectivity index (χ3n) is 6.51. The Morgan fingerprint density at radius 3 is 2.38 bits per heavy atom. The van der Waals surface area contributed by atoms with Crippen molar-refractivity contribution >= 4 is 10.8 Å². The Morgan fingerprint density at radius 2 is 1.62 bits per heavy atom. The summed E-state index contributed by atoms with van der Waals surface area (Å²) in [4.78, 5) is 0. The van der Waals surface area contributed by atoms with Gasteiger partial charge in [0.15, 0.2) is 0 Å². The molecule has 0 heterocycles. The van der Waals surface area contributed by atoms with Gasteiger partial charge in [0.05, 0.1) is 7.11 Å². The van der Waals surface area contributed by atoms with Crippen LogP contribution in [-0.4, -0.2) is 12.2 Å². The summed E-state index contributed by atoms with van der Waals surface area (Å²) in [6.45, 7) is 0. The average Bonchev–Trinajstić information content (AvgIpc) is 2.81. The van der Waals surface area contributed by atoms with Crippen LogP contribution in [0.5, 0.6) is 11.5 Å². The molecule has 0 saturated heterocycles. The molecule has 2 heteroatoms. The van der Waals surface area contributed by atoms with E-state index >= 15 is 0 Å². The molecule has 3 aromatic carbocycles. The lowest BCUT2D eigenvalue weighted by Crippen LogP contribution is -2.24. The maximum absolute atomic E-state index is 10.8. The minimum atomic E-state index is 0.0528. The molecule has 132 valence electrons. The van der Waals surface area contributed by atoms with Gasteiger partial charge in [0.25, 0.3) is 0 Å². The lowest BCUT2D eigenvalue weighted by atomic mass is 9.72. The second kappa shape index (κ2) is 5.77. The summed E-state index contributed by atoms with van der Waals surface area (Å²) in [6.07, 6.45) is 7.48. The highest BCUT2D eigenvalue weighted by atomic mass is 16.5. The lowest BCUT2D eigenvalue weighted by molar-refractivity contribution is 0.415. The smallest absolute Gasteiger partial charge is 0.123 e. The predicted octanol–water partition coefficient (Wildman–Crippen LogP) is 6.17. The first-order valence-corrected chi connectivity index (χ1v) is 9.69. The van der Waals surface area contributed by atoms with Crippen LogP contribution in [0.2, 0.25) is 0 Å². The molecule has 2 aliphatic rings. The summed E-state index contributed by atoms with van der Waals surface area (Å²) >= 11 is 0. The van der Waals surface area contributed by atoms with Crippen LogP contribution in [0.3, 0.4) is 0 Å². The Balaban J connectivity index is 1.90. The summed E-state index contributed by atoms with van der Waals surface area (Å²) in [5.74, 6) is 1.22. The van der Waals surface area contributed by atoms with Crippen molar-refractivity contribution in [1.82, 2.24) is 0 Å². The quantitative estimate of drug-likeness (QED) is 0.571. The zero-order chi connectivity index (χ0) is 17.7. The number of rotatable bonds is 1. The average molecular weight is 344 g/mol. The zero-order valence-corrected chi connectivity index (χ0v) is 15.2. The summed E-state index contributed by atoms with van der Waals surface area (Å²) in [6, 6.07) is 16.9. The van der Waals surface area contributed by atoms with Crippen molar-refractivity contribution in [3.05, 3.63) is 59.7 Å². The highest BCUT2D eigenvalue weighted by molar-refractivity contribution is 6.05. The van der Waals surface area contributed by atoms with Crippen molar-refractivity contribution in [2.45, 2.75) is 43.9 Å². The summed E-state index contributed by atoms with van der Waals surface area (Å²) in [5.41, 5.74) is 5.46. The molecule has 2 aliphatic carbocycles. The highest BCUT2D eigenvalue weighted by Crippen LogP contribution is 2.58. The van der Waals surface area contributed by atoms with Crippen molar-refractivity contribution in [2.75, 3.05) is 7.11 Å². The van der Waals surface area contributed by atoms with Crippen molar-refractivity contribution in [1.29, 1.82) is 0 Å². The summed E-state index contributed by atoms with van der Waals surface area (Å²) in [5, 5.41) is 12.8. The zero-order valence-electron chi connectivity index (χ0n) is 15.2. The van der Waals surface area contributed by atoms with Crippen LogP contribution in [0.25, 0.3) is 21.9 Å². The van der Waals surface area contributed by atoms with Crippen LogP contribution in [0, 0.1) is 0 Å². The van der Waals surface area contributed by atoms with Crippen molar-refractivity contribution in [3.63, 3.8) is 0 Å². The lowest BCUT2D eigenvalue weighted by Gasteiger charge is -2.31. The first-order valence-electron chi connectivity index (χ1n) is 9.69. The molecule has 26 heavy (non-hydrogen) atoms. The van der Waals surface area contributed by atoms with E-state index in [9.17, 15) is 5.11 Å². The second-order valence-electron chi connectivity index (χ2n) is 7.77. The van der Waals surface area contributed by atoms with E-state index in [-0.39, 0.29) is 5.41 Å². The molecule has 0 unspecified atom stereocenters. The number of fused-ring (bicyclic) bond motifs is 7. The van der Waals surface area contributed by atoms with Gasteiger partial charge in [0.1, 0.15) is 11.5 Å². The standard InChI is InChI=1S/C24H24O2/c1-26-16-10-11-17-19(14-16)23-18-8-4-5-9-20(18)24(21(23)15-22(17)25)12-6-2-3-7-13-24/h4-5,8-11,14-15,25H,2-3,6-7,12-13H2,1H3. The van der Waals surface area contributed by atoms with E-state index in [2.05, 4.69) is 36.4 Å². The maximum Gasteiger partial charge on any atom is 0.123 e. The number of hydrogen-bond acceptors (Lipinski definition) is 2. The van der Waals surface area contributed by atoms with Gasteiger partial charge in [0.2, 0.25) is 0 Å². The largest absolute Gasteiger partial charge is 0.507 e. The molecule has 3 aromatic rings. The van der Waals surface area contributed by atoms with Crippen LogP contribution in [0.4, 0.5) is 0 Å². The van der Waals surface area contributed by atoms with E-state index in [0.29, 0.717) is 5.75 Å². The van der Waals surface area contributed by atoms with Gasteiger partial charge in [-0.3, -0.25) is 0 Å². The minimum Gasteiger partial charge on any atom is -0.507 e. The Bertz CT molecular complexity index is 995. The van der Waals surface area contributed by atoms with Crippen molar-refractivity contribution < 1.29 is 9.84 Å². The van der Waals surface area contributed by atoms with Gasteiger partial charge in [-0.25, -0.2) is 0 Å². The minimum absolute atomic E-state index is 0.0528. The number of ether oxygens (including phenoxy) is 1. The van der Waals surface area contributed by atoms with Crippen LogP contribution in [0.15, 0.2) is 48.5 Å². The van der Waals surface area contributed by atoms with Gasteiger partial charge in [-0.2, -0.15) is 0 Å². The normalized spacial score (nSPS) is 17.7. The van der Waals surface area contributed by atoms with Gasteiger partial charge in [0, 0.05) is 10.8 Å². The van der Waals surface area contributed by atoms with Gasteiger partial charge in [-0.1, -0.05) is 49.9 Å². The fourth-order valence-electron chi connectivity index (χ4n) is 5.31. The van der Waals surface area contributed by atoms with Crippen molar-refractivity contribution in [2.24, 2.45) is 0 Å². The molecule has 1 saturated carbocycles. The SMILES string of the molecule is COc1ccc2c(O)cc3c(c2c1)-c1ccccc1C31CCCCCC1. The second-order valence-corrected chi connectivity index (χ2v) is 7.77. The maximum atomic E-state index is 10.8. The number of aromatic hydroxyl groups is 1. The fourth-order valence-corrected chi connectivity index (χ4v) is 5.31. The molecular formula is C24H24O2. The molecule has 5 rings (SSSR count). The Labute approximate surface area is 154 Å². The van der Waals surface area contributed by atoms with Gasteiger partial charge >= 0.3 is 0 Å². The van der Waals surface area contributed by atoms with Gasteiger partial charge in [-0.05, 0) is 64.7 Å². The number of hydrogen-bond donors (Lipinski definition) is 1. The first kappa shape index (κ1) is 15.7. The number of methoxy groups -OCH3 is 1. The van der Waals surface area contributed by atoms with E-state index in [0.717, 1.165) is 16.5 Å². The third kappa shape index (κ3) is 2.05. The van der Waals surface area contributed by atoms with Crippen LogP contribution in [0.1, 0.15) is 49.7 Å². The Kier molecular flexibility index (Phi) is 3.49. The van der Waals surface area contributed by atoms with Crippen LogP contribution in [-0.2, 0) is 5.41 Å². The van der Waals surface area contributed by atoms with Gasteiger partial charge < -0.3 is 9.84 Å². The molecule has 1 N–H and O–H groups in total. The first-order chi connectivity index (χ1) is 12.7. The van der Waals surface area contributed by atoms with Crippen molar-refractivity contribution in [3.8, 4) is 22.6 Å². The third-order valence-corrected chi connectivity index (χ3v) is 6.51. The number of phenols is 1. The van der Waals surface area contributed by atoms with Gasteiger partial charge in [-0.15, -0.1) is 0 Å². The van der Waals surface area contributed by atoms with Crippen LogP contribution >= 0.6 is 0 Å². The Hall–Kier alpha value is -2.48. The molecular weight excluding hydrogens is 320 g/mol. The van der Waals surface area contributed by atoms with E-state index < -0.39 is 0 Å². The Morgan fingerprint density at radius 1 is 0.846 bits per heavy atom. The fraction of sp³-hybridized carbons (Fsp3) is 0.333. The molecule has 0 atom stereocenters. The summed E-state index contributed by atoms with van der Waals surface area (Å²) < 4.78 is 5.49. The molecule has 0 radical (unpaired) electrons. The van der Waals surface area contributed by atoms with E-state index in [1.807, 2.05) is 12.1 Å². The monoisotopic (exact) mass is 344 g/mol. The van der Waals surface area contributed by atoms with Crippen LogP contribution < -0.4 is 4.74 Å². The molecule has 0 aromatic heterocycles.